The second kappa shape index (κ2) is 10.2. The van der Waals surface area contributed by atoms with Crippen LogP contribution in [0, 0.1) is 39.0 Å². The summed E-state index contributed by atoms with van der Waals surface area (Å²) in [6.07, 6.45) is 3.95. The first kappa shape index (κ1) is 26.9. The van der Waals surface area contributed by atoms with Crippen LogP contribution in [0.1, 0.15) is 65.5 Å². The van der Waals surface area contributed by atoms with E-state index < -0.39 is 0 Å². The number of hydrogen-bond acceptors (Lipinski definition) is 5. The number of amides is 1. The summed E-state index contributed by atoms with van der Waals surface area (Å²) in [5.41, 5.74) is 5.60. The lowest BCUT2D eigenvalue weighted by atomic mass is 9.71. The number of furan rings is 1. The molecule has 4 aromatic rings. The van der Waals surface area contributed by atoms with Crippen LogP contribution < -0.4 is 0 Å². The monoisotopic (exact) mass is 600 g/mol. The van der Waals surface area contributed by atoms with Gasteiger partial charge in [0.25, 0.3) is 5.91 Å². The highest BCUT2D eigenvalue weighted by Crippen LogP contribution is 2.40. The highest BCUT2D eigenvalue weighted by Gasteiger charge is 2.41. The van der Waals surface area contributed by atoms with E-state index in [-0.39, 0.29) is 11.3 Å². The molecule has 0 radical (unpaired) electrons. The molecule has 1 aromatic carbocycles. The Balaban J connectivity index is 1.37. The van der Waals surface area contributed by atoms with Crippen molar-refractivity contribution in [3.05, 3.63) is 61.8 Å². The number of halogens is 2. The number of fused-ring (bicyclic) bond motifs is 1. The normalized spacial score (nSPS) is 18.2. The first-order valence-electron chi connectivity index (χ1n) is 13.1. The van der Waals surface area contributed by atoms with Crippen molar-refractivity contribution < 1.29 is 9.21 Å². The summed E-state index contributed by atoms with van der Waals surface area (Å²) >= 11 is 9.78. The number of aromatic nitrogens is 5. The third-order valence-corrected chi connectivity index (χ3v) is 9.20. The maximum absolute atomic E-state index is 13.8. The molecule has 0 spiro atoms. The molecule has 10 heteroatoms. The summed E-state index contributed by atoms with van der Waals surface area (Å²) < 4.78 is 10.8. The molecule has 1 unspecified atom stereocenters. The largest absolute Gasteiger partial charge is 0.449 e. The van der Waals surface area contributed by atoms with Crippen LogP contribution in [0.5, 0.6) is 0 Å². The zero-order valence-corrected chi connectivity index (χ0v) is 25.1. The number of hydrogen-bond donors (Lipinski definition) is 0. The molecule has 3 aromatic heterocycles. The average Bonchev–Trinajstić information content (AvgIpc) is 3.52. The van der Waals surface area contributed by atoms with Gasteiger partial charge >= 0.3 is 0 Å². The van der Waals surface area contributed by atoms with Gasteiger partial charge in [0.2, 0.25) is 0 Å². The molecule has 1 aliphatic heterocycles. The topological polar surface area (TPSA) is 82.0 Å². The molecule has 0 aliphatic carbocycles. The second-order valence-corrected chi connectivity index (χ2v) is 12.3. The lowest BCUT2D eigenvalue weighted by Gasteiger charge is -2.45. The fourth-order valence-corrected chi connectivity index (χ4v) is 6.50. The molecule has 5 rings (SSSR count). The predicted octanol–water partition coefficient (Wildman–Crippen LogP) is 6.50. The van der Waals surface area contributed by atoms with Crippen molar-refractivity contribution in [1.29, 1.82) is 0 Å². The van der Waals surface area contributed by atoms with E-state index in [9.17, 15) is 4.79 Å². The number of benzene rings is 1. The van der Waals surface area contributed by atoms with E-state index in [4.69, 9.17) is 16.0 Å². The number of carbonyl (C=O) groups is 1. The molecule has 202 valence electrons. The minimum atomic E-state index is -0.127. The summed E-state index contributed by atoms with van der Waals surface area (Å²) in [5.74, 6) is 0.644. The summed E-state index contributed by atoms with van der Waals surface area (Å²) in [7, 11) is 0. The van der Waals surface area contributed by atoms with Gasteiger partial charge in [-0.05, 0) is 80.1 Å². The van der Waals surface area contributed by atoms with E-state index in [1.165, 1.54) is 5.56 Å². The van der Waals surface area contributed by atoms with Crippen molar-refractivity contribution in [2.24, 2.45) is 11.3 Å². The molecule has 1 fully saturated rings. The van der Waals surface area contributed by atoms with Gasteiger partial charge in [0.05, 0.1) is 29.5 Å². The standard InChI is InChI=1S/C28H34BrClN6O2/c1-16(2)28(15-35-12-22(31-33-35)13-36-20(6)17(3)19(5)32-36)8-7-9-34(14-28)27(37)25-18(4)23-10-21(30)11-24(29)26(23)38-25/h10-12,16H,7-9,13-15H2,1-6H3. The van der Waals surface area contributed by atoms with E-state index >= 15 is 0 Å². The predicted molar refractivity (Wildman–Crippen MR) is 152 cm³/mol. The van der Waals surface area contributed by atoms with Crippen molar-refractivity contribution in [3.8, 4) is 0 Å². The second-order valence-electron chi connectivity index (χ2n) is 11.0. The van der Waals surface area contributed by atoms with Crippen molar-refractivity contribution in [2.75, 3.05) is 13.1 Å². The van der Waals surface area contributed by atoms with E-state index in [1.807, 2.05) is 40.4 Å². The van der Waals surface area contributed by atoms with E-state index in [1.54, 1.807) is 6.07 Å². The molecular weight excluding hydrogens is 568 g/mol. The van der Waals surface area contributed by atoms with Crippen LogP contribution in [0.3, 0.4) is 0 Å². The molecular formula is C28H34BrClN6O2. The number of piperidine rings is 1. The van der Waals surface area contributed by atoms with Gasteiger partial charge in [-0.2, -0.15) is 5.10 Å². The van der Waals surface area contributed by atoms with Crippen molar-refractivity contribution in [2.45, 2.75) is 67.5 Å². The number of rotatable bonds is 6. The lowest BCUT2D eigenvalue weighted by Crippen LogP contribution is -2.50. The number of carbonyl (C=O) groups excluding carboxylic acids is 1. The molecule has 8 nitrogen and oxygen atoms in total. The molecule has 4 heterocycles. The third-order valence-electron chi connectivity index (χ3n) is 8.39. The Morgan fingerprint density at radius 1 is 1.21 bits per heavy atom. The average molecular weight is 602 g/mol. The van der Waals surface area contributed by atoms with Crippen molar-refractivity contribution in [1.82, 2.24) is 29.7 Å². The smallest absolute Gasteiger partial charge is 0.289 e. The molecule has 38 heavy (non-hydrogen) atoms. The van der Waals surface area contributed by atoms with Crippen LogP contribution in [-0.2, 0) is 13.1 Å². The SMILES string of the molecule is Cc1nn(Cc2cn(CC3(C(C)C)CCCN(C(=O)c4oc5c(Br)cc(Cl)cc5c4C)C3)nn2)c(C)c1C. The third kappa shape index (κ3) is 4.79. The molecule has 1 aliphatic rings. The maximum Gasteiger partial charge on any atom is 0.289 e. The van der Waals surface area contributed by atoms with Crippen molar-refractivity contribution in [3.63, 3.8) is 0 Å². The Kier molecular flexibility index (Phi) is 7.20. The van der Waals surface area contributed by atoms with Crippen LogP contribution in [0.2, 0.25) is 5.02 Å². The Labute approximate surface area is 236 Å². The van der Waals surface area contributed by atoms with Crippen LogP contribution in [0.15, 0.2) is 27.2 Å². The fraction of sp³-hybridized carbons (Fsp3) is 0.500. The molecule has 1 amide bonds. The van der Waals surface area contributed by atoms with Gasteiger partial charge in [-0.25, -0.2) is 0 Å². The summed E-state index contributed by atoms with van der Waals surface area (Å²) in [6.45, 7) is 15.2. The van der Waals surface area contributed by atoms with Gasteiger partial charge < -0.3 is 9.32 Å². The van der Waals surface area contributed by atoms with E-state index in [0.717, 1.165) is 45.3 Å². The Hall–Kier alpha value is -2.65. The Morgan fingerprint density at radius 2 is 1.97 bits per heavy atom. The number of aryl methyl sites for hydroxylation is 2. The summed E-state index contributed by atoms with van der Waals surface area (Å²) in [5, 5.41) is 15.0. The molecule has 1 atom stereocenters. The van der Waals surface area contributed by atoms with Gasteiger partial charge in [0, 0.05) is 40.2 Å². The van der Waals surface area contributed by atoms with E-state index in [2.05, 4.69) is 59.0 Å². The van der Waals surface area contributed by atoms with E-state index in [0.29, 0.717) is 48.5 Å². The number of likely N-dealkylation sites (tertiary alicyclic amines) is 1. The zero-order chi connectivity index (χ0) is 27.4. The van der Waals surface area contributed by atoms with Gasteiger partial charge in [-0.1, -0.05) is 30.7 Å². The van der Waals surface area contributed by atoms with Crippen LogP contribution >= 0.6 is 27.5 Å². The van der Waals surface area contributed by atoms with Gasteiger partial charge in [-0.15, -0.1) is 5.10 Å². The van der Waals surface area contributed by atoms with Gasteiger partial charge in [0.1, 0.15) is 11.3 Å². The summed E-state index contributed by atoms with van der Waals surface area (Å²) in [6, 6.07) is 3.63. The maximum atomic E-state index is 13.8. The Morgan fingerprint density at radius 3 is 2.66 bits per heavy atom. The molecule has 0 saturated carbocycles. The molecule has 1 saturated heterocycles. The van der Waals surface area contributed by atoms with Crippen molar-refractivity contribution >= 4 is 44.4 Å². The first-order chi connectivity index (χ1) is 18.0. The Bertz CT molecular complexity index is 1520. The van der Waals surface area contributed by atoms with Gasteiger partial charge in [-0.3, -0.25) is 14.2 Å². The highest BCUT2D eigenvalue weighted by atomic mass is 79.9. The first-order valence-corrected chi connectivity index (χ1v) is 14.2. The quantitative estimate of drug-likeness (QED) is 0.252. The van der Waals surface area contributed by atoms with Crippen LogP contribution in [0.4, 0.5) is 0 Å². The highest BCUT2D eigenvalue weighted by molar-refractivity contribution is 9.10. The minimum Gasteiger partial charge on any atom is -0.449 e. The fourth-order valence-electron chi connectivity index (χ4n) is 5.61. The van der Waals surface area contributed by atoms with Gasteiger partial charge in [0.15, 0.2) is 5.76 Å². The van der Waals surface area contributed by atoms with Crippen LogP contribution in [-0.4, -0.2) is 48.7 Å². The lowest BCUT2D eigenvalue weighted by molar-refractivity contribution is 0.0220. The number of nitrogens with zero attached hydrogens (tertiary/aromatic N) is 6. The summed E-state index contributed by atoms with van der Waals surface area (Å²) in [4.78, 5) is 15.7. The van der Waals surface area contributed by atoms with Crippen LogP contribution in [0.25, 0.3) is 11.0 Å². The zero-order valence-electron chi connectivity index (χ0n) is 22.8. The minimum absolute atomic E-state index is 0.0781. The molecule has 0 N–H and O–H groups in total. The molecule has 0 bridgehead atoms.